The Hall–Kier alpha value is -3.35. The van der Waals surface area contributed by atoms with Crippen molar-refractivity contribution in [1.29, 1.82) is 0 Å². The molecule has 152 valence electrons. The SMILES string of the molecule is CC(=O)N[C@@H](Cc1c[nH]c2ccccc12)C(=O)OCC(=O)c1cc(C)n(C)c1C. The molecule has 7 heteroatoms. The quantitative estimate of drug-likeness (QED) is 0.475. The van der Waals surface area contributed by atoms with Gasteiger partial charge in [0.05, 0.1) is 0 Å². The Bertz CT molecular complexity index is 1080. The van der Waals surface area contributed by atoms with E-state index in [1.165, 1.54) is 6.92 Å². The maximum atomic E-state index is 12.6. The van der Waals surface area contributed by atoms with E-state index in [2.05, 4.69) is 10.3 Å². The van der Waals surface area contributed by atoms with Gasteiger partial charge in [0.2, 0.25) is 11.7 Å². The summed E-state index contributed by atoms with van der Waals surface area (Å²) in [6, 6.07) is 8.62. The molecule has 2 heterocycles. The van der Waals surface area contributed by atoms with Crippen LogP contribution in [0.15, 0.2) is 36.5 Å². The number of fused-ring (bicyclic) bond motifs is 1. The Balaban J connectivity index is 1.71. The number of amides is 1. The van der Waals surface area contributed by atoms with Crippen LogP contribution in [0, 0.1) is 13.8 Å². The van der Waals surface area contributed by atoms with E-state index >= 15 is 0 Å². The maximum Gasteiger partial charge on any atom is 0.329 e. The second-order valence-electron chi connectivity index (χ2n) is 7.19. The second kappa shape index (κ2) is 8.34. The second-order valence-corrected chi connectivity index (χ2v) is 7.19. The molecule has 1 aromatic carbocycles. The summed E-state index contributed by atoms with van der Waals surface area (Å²) in [4.78, 5) is 39.9. The Morgan fingerprint density at radius 1 is 1.21 bits per heavy atom. The molecule has 3 rings (SSSR count). The molecule has 0 saturated heterocycles. The van der Waals surface area contributed by atoms with Gasteiger partial charge in [0.15, 0.2) is 6.61 Å². The number of para-hydroxylation sites is 1. The zero-order valence-electron chi connectivity index (χ0n) is 17.0. The molecule has 2 N–H and O–H groups in total. The highest BCUT2D eigenvalue weighted by Crippen LogP contribution is 2.20. The summed E-state index contributed by atoms with van der Waals surface area (Å²) < 4.78 is 7.17. The van der Waals surface area contributed by atoms with Crippen molar-refractivity contribution < 1.29 is 19.1 Å². The summed E-state index contributed by atoms with van der Waals surface area (Å²) in [6.07, 6.45) is 2.08. The first kappa shape index (κ1) is 20.4. The number of ether oxygens (including phenoxy) is 1. The average molecular weight is 395 g/mol. The van der Waals surface area contributed by atoms with Crippen molar-refractivity contribution in [3.05, 3.63) is 59.0 Å². The number of nitrogens with zero attached hydrogens (tertiary/aromatic N) is 1. The molecule has 1 amide bonds. The molecule has 0 spiro atoms. The van der Waals surface area contributed by atoms with Gasteiger partial charge < -0.3 is 19.6 Å². The summed E-state index contributed by atoms with van der Waals surface area (Å²) in [6.45, 7) is 4.73. The lowest BCUT2D eigenvalue weighted by Gasteiger charge is -2.16. The van der Waals surface area contributed by atoms with E-state index < -0.39 is 12.0 Å². The molecule has 0 aliphatic heterocycles. The van der Waals surface area contributed by atoms with Crippen LogP contribution in [-0.4, -0.2) is 39.9 Å². The van der Waals surface area contributed by atoms with Crippen LogP contribution in [0.5, 0.6) is 0 Å². The first-order valence-electron chi connectivity index (χ1n) is 9.42. The number of ketones is 1. The largest absolute Gasteiger partial charge is 0.456 e. The number of aryl methyl sites for hydroxylation is 1. The minimum Gasteiger partial charge on any atom is -0.456 e. The molecule has 7 nitrogen and oxygen atoms in total. The molecule has 0 bridgehead atoms. The maximum absolute atomic E-state index is 12.6. The van der Waals surface area contributed by atoms with Crippen LogP contribution in [-0.2, 0) is 27.8 Å². The van der Waals surface area contributed by atoms with E-state index in [-0.39, 0.29) is 24.7 Å². The number of carbonyl (C=O) groups excluding carboxylic acids is 3. The number of hydrogen-bond acceptors (Lipinski definition) is 4. The number of carbonyl (C=O) groups is 3. The number of nitrogens with one attached hydrogen (secondary N) is 2. The number of benzene rings is 1. The van der Waals surface area contributed by atoms with Crippen LogP contribution in [0.2, 0.25) is 0 Å². The van der Waals surface area contributed by atoms with E-state index in [0.717, 1.165) is 27.9 Å². The van der Waals surface area contributed by atoms with Crippen molar-refractivity contribution in [2.75, 3.05) is 6.61 Å². The van der Waals surface area contributed by atoms with Crippen LogP contribution >= 0.6 is 0 Å². The number of hydrogen-bond donors (Lipinski definition) is 2. The number of rotatable bonds is 7. The van der Waals surface area contributed by atoms with Crippen molar-refractivity contribution in [3.63, 3.8) is 0 Å². The van der Waals surface area contributed by atoms with Gasteiger partial charge >= 0.3 is 5.97 Å². The summed E-state index contributed by atoms with van der Waals surface area (Å²) >= 11 is 0. The Morgan fingerprint density at radius 2 is 1.93 bits per heavy atom. The van der Waals surface area contributed by atoms with E-state index in [1.807, 2.05) is 55.9 Å². The van der Waals surface area contributed by atoms with Crippen molar-refractivity contribution >= 4 is 28.6 Å². The molecule has 1 atom stereocenters. The lowest BCUT2D eigenvalue weighted by Crippen LogP contribution is -2.42. The first-order chi connectivity index (χ1) is 13.8. The smallest absolute Gasteiger partial charge is 0.329 e. The number of aromatic amines is 1. The topological polar surface area (TPSA) is 93.2 Å². The Kier molecular flexibility index (Phi) is 5.87. The van der Waals surface area contributed by atoms with E-state index in [9.17, 15) is 14.4 Å². The summed E-state index contributed by atoms with van der Waals surface area (Å²) in [7, 11) is 1.88. The van der Waals surface area contributed by atoms with Crippen LogP contribution in [0.25, 0.3) is 10.9 Å². The van der Waals surface area contributed by atoms with Crippen molar-refractivity contribution in [3.8, 4) is 0 Å². The predicted molar refractivity (Wildman–Crippen MR) is 110 cm³/mol. The Labute approximate surface area is 169 Å². The molecule has 0 radical (unpaired) electrons. The van der Waals surface area contributed by atoms with Gasteiger partial charge in [0, 0.05) is 54.4 Å². The van der Waals surface area contributed by atoms with Gasteiger partial charge in [-0.25, -0.2) is 4.79 Å². The lowest BCUT2D eigenvalue weighted by atomic mass is 10.0. The van der Waals surface area contributed by atoms with Crippen LogP contribution in [0.1, 0.15) is 34.2 Å². The number of H-pyrrole nitrogens is 1. The van der Waals surface area contributed by atoms with Gasteiger partial charge in [-0.2, -0.15) is 0 Å². The molecule has 0 aliphatic carbocycles. The molecule has 2 aromatic heterocycles. The minimum absolute atomic E-state index is 0.264. The zero-order valence-corrected chi connectivity index (χ0v) is 17.0. The van der Waals surface area contributed by atoms with Gasteiger partial charge in [0.25, 0.3) is 0 Å². The summed E-state index contributed by atoms with van der Waals surface area (Å²) in [5, 5.41) is 3.60. The highest BCUT2D eigenvalue weighted by atomic mass is 16.5. The van der Waals surface area contributed by atoms with Crippen LogP contribution < -0.4 is 5.32 Å². The number of esters is 1. The number of Topliss-reactive ketones (excluding diaryl/α,β-unsaturated/α-hetero) is 1. The number of aromatic nitrogens is 2. The average Bonchev–Trinajstić information content (AvgIpc) is 3.21. The van der Waals surface area contributed by atoms with Gasteiger partial charge in [-0.3, -0.25) is 9.59 Å². The Morgan fingerprint density at radius 3 is 2.59 bits per heavy atom. The first-order valence-corrected chi connectivity index (χ1v) is 9.42. The molecule has 0 aliphatic rings. The fraction of sp³-hybridized carbons (Fsp3) is 0.318. The van der Waals surface area contributed by atoms with Gasteiger partial charge in [-0.1, -0.05) is 18.2 Å². The summed E-state index contributed by atoms with van der Waals surface area (Å²) in [5.41, 5.74) is 4.14. The third kappa shape index (κ3) is 4.39. The van der Waals surface area contributed by atoms with Crippen molar-refractivity contribution in [1.82, 2.24) is 14.9 Å². The fourth-order valence-corrected chi connectivity index (χ4v) is 3.41. The molecular weight excluding hydrogens is 370 g/mol. The van der Waals surface area contributed by atoms with Crippen molar-refractivity contribution in [2.45, 2.75) is 33.2 Å². The van der Waals surface area contributed by atoms with E-state index in [4.69, 9.17) is 4.74 Å². The molecule has 0 fully saturated rings. The lowest BCUT2D eigenvalue weighted by molar-refractivity contribution is -0.146. The third-order valence-electron chi connectivity index (χ3n) is 5.18. The molecule has 3 aromatic rings. The predicted octanol–water partition coefficient (Wildman–Crippen LogP) is 2.60. The monoisotopic (exact) mass is 395 g/mol. The minimum atomic E-state index is -0.877. The molecule has 0 unspecified atom stereocenters. The molecule has 29 heavy (non-hydrogen) atoms. The standard InChI is InChI=1S/C22H25N3O4/c1-13-9-18(14(2)25(13)4)21(27)12-29-22(28)20(24-15(3)26)10-16-11-23-19-8-6-5-7-17(16)19/h5-9,11,20,23H,10,12H2,1-4H3,(H,24,26)/t20-/m0/s1. The van der Waals surface area contributed by atoms with Gasteiger partial charge in [0.1, 0.15) is 6.04 Å². The third-order valence-corrected chi connectivity index (χ3v) is 5.18. The van der Waals surface area contributed by atoms with Crippen molar-refractivity contribution in [2.24, 2.45) is 7.05 Å². The molecule has 0 saturated carbocycles. The van der Waals surface area contributed by atoms with Gasteiger partial charge in [-0.15, -0.1) is 0 Å². The normalized spacial score (nSPS) is 12.0. The van der Waals surface area contributed by atoms with Crippen LogP contribution in [0.4, 0.5) is 0 Å². The summed E-state index contributed by atoms with van der Waals surface area (Å²) in [5.74, 6) is -1.25. The van der Waals surface area contributed by atoms with Gasteiger partial charge in [-0.05, 0) is 31.5 Å². The van der Waals surface area contributed by atoms with Crippen LogP contribution in [0.3, 0.4) is 0 Å². The molecular formula is C22H25N3O4. The van der Waals surface area contributed by atoms with E-state index in [1.54, 1.807) is 6.07 Å². The highest BCUT2D eigenvalue weighted by molar-refractivity contribution is 5.99. The zero-order chi connectivity index (χ0) is 21.1. The fourth-order valence-electron chi connectivity index (χ4n) is 3.41. The highest BCUT2D eigenvalue weighted by Gasteiger charge is 2.24. The van der Waals surface area contributed by atoms with E-state index in [0.29, 0.717) is 5.56 Å².